The number of nitrogens with one attached hydrogen (secondary N) is 1. The minimum absolute atomic E-state index is 0.366. The van der Waals surface area contributed by atoms with Crippen molar-refractivity contribution < 1.29 is 4.74 Å². The Morgan fingerprint density at radius 3 is 2.62 bits per heavy atom. The van der Waals surface area contributed by atoms with Gasteiger partial charge in [0.05, 0.1) is 0 Å². The number of hydrogen-bond donors (Lipinski definition) is 2. The van der Waals surface area contributed by atoms with Crippen molar-refractivity contribution in [3.05, 3.63) is 29.8 Å². The summed E-state index contributed by atoms with van der Waals surface area (Å²) in [6.45, 7) is 8.54. The third-order valence-electron chi connectivity index (χ3n) is 2.37. The summed E-state index contributed by atoms with van der Waals surface area (Å²) in [5.74, 6) is 0.882. The smallest absolute Gasteiger partial charge is 0.124 e. The van der Waals surface area contributed by atoms with E-state index in [1.165, 1.54) is 0 Å². The lowest BCUT2D eigenvalue weighted by Gasteiger charge is -2.22. The molecule has 0 unspecified atom stereocenters. The van der Waals surface area contributed by atoms with Gasteiger partial charge in [0.2, 0.25) is 0 Å². The number of hydrogen-bond acceptors (Lipinski definition) is 3. The van der Waals surface area contributed by atoms with Crippen LogP contribution in [0.4, 0.5) is 0 Å². The fourth-order valence-corrected chi connectivity index (χ4v) is 1.53. The van der Waals surface area contributed by atoms with E-state index in [0.29, 0.717) is 6.61 Å². The summed E-state index contributed by atoms with van der Waals surface area (Å²) in [4.78, 5) is 0. The highest BCUT2D eigenvalue weighted by Gasteiger charge is 2.18. The lowest BCUT2D eigenvalue weighted by atomic mass is 9.95. The van der Waals surface area contributed by atoms with Gasteiger partial charge in [0.1, 0.15) is 12.4 Å². The summed E-state index contributed by atoms with van der Waals surface area (Å²) in [6, 6.07) is 7.94. The third-order valence-corrected chi connectivity index (χ3v) is 2.37. The van der Waals surface area contributed by atoms with Crippen LogP contribution < -0.4 is 15.8 Å². The molecule has 1 aromatic carbocycles. The molecule has 1 aromatic rings. The first-order valence-corrected chi connectivity index (χ1v) is 5.77. The Morgan fingerprint density at radius 2 is 2.00 bits per heavy atom. The van der Waals surface area contributed by atoms with Crippen molar-refractivity contribution >= 4 is 0 Å². The van der Waals surface area contributed by atoms with Gasteiger partial charge in [-0.15, -0.1) is 0 Å². The van der Waals surface area contributed by atoms with Crippen molar-refractivity contribution in [1.29, 1.82) is 0 Å². The van der Waals surface area contributed by atoms with Crippen molar-refractivity contribution in [3.8, 4) is 5.75 Å². The highest BCUT2D eigenvalue weighted by molar-refractivity contribution is 5.37. The quantitative estimate of drug-likeness (QED) is 0.722. The van der Waals surface area contributed by atoms with Crippen molar-refractivity contribution in [3.63, 3.8) is 0 Å². The van der Waals surface area contributed by atoms with E-state index in [4.69, 9.17) is 10.5 Å². The van der Waals surface area contributed by atoms with E-state index in [-0.39, 0.29) is 5.54 Å². The molecule has 0 aliphatic carbocycles. The Labute approximate surface area is 98.0 Å². The number of rotatable bonds is 6. The van der Waals surface area contributed by atoms with Crippen LogP contribution in [0.15, 0.2) is 24.3 Å². The van der Waals surface area contributed by atoms with Gasteiger partial charge < -0.3 is 15.8 Å². The predicted octanol–water partition coefficient (Wildman–Crippen LogP) is 1.87. The van der Waals surface area contributed by atoms with E-state index >= 15 is 0 Å². The average Bonchev–Trinajstić information content (AvgIpc) is 2.24. The van der Waals surface area contributed by atoms with E-state index in [2.05, 4.69) is 12.2 Å². The van der Waals surface area contributed by atoms with Gasteiger partial charge in [0, 0.05) is 17.6 Å². The minimum atomic E-state index is -0.366. The fraction of sp³-hybridized carbons (Fsp3) is 0.538. The van der Waals surface area contributed by atoms with Crippen molar-refractivity contribution in [1.82, 2.24) is 5.32 Å². The monoisotopic (exact) mass is 222 g/mol. The topological polar surface area (TPSA) is 47.3 Å². The summed E-state index contributed by atoms with van der Waals surface area (Å²) in [5, 5.41) is 3.22. The zero-order valence-corrected chi connectivity index (χ0v) is 10.4. The Morgan fingerprint density at radius 1 is 1.31 bits per heavy atom. The molecule has 0 amide bonds. The molecule has 0 saturated heterocycles. The number of nitrogens with two attached hydrogens (primary N) is 1. The van der Waals surface area contributed by atoms with Crippen LogP contribution in [-0.4, -0.2) is 19.7 Å². The lowest BCUT2D eigenvalue weighted by molar-refractivity contribution is 0.306. The second-order valence-electron chi connectivity index (χ2n) is 4.42. The van der Waals surface area contributed by atoms with Crippen LogP contribution in [0, 0.1) is 0 Å². The largest absolute Gasteiger partial charge is 0.492 e. The van der Waals surface area contributed by atoms with Gasteiger partial charge in [-0.2, -0.15) is 0 Å². The maximum atomic E-state index is 6.09. The molecule has 0 spiro atoms. The van der Waals surface area contributed by atoms with Crippen molar-refractivity contribution in [2.75, 3.05) is 19.7 Å². The Balaban J connectivity index is 2.65. The van der Waals surface area contributed by atoms with Crippen LogP contribution in [0.2, 0.25) is 0 Å². The molecule has 0 aromatic heterocycles. The molecule has 0 atom stereocenters. The predicted molar refractivity (Wildman–Crippen MR) is 67.7 cm³/mol. The van der Waals surface area contributed by atoms with Crippen LogP contribution in [0.25, 0.3) is 0 Å². The maximum Gasteiger partial charge on any atom is 0.124 e. The normalized spacial score (nSPS) is 11.5. The number of likely N-dealkylation sites (N-methyl/N-ethyl adjacent to an activating group) is 1. The van der Waals surface area contributed by atoms with Crippen LogP contribution in [0.1, 0.15) is 26.3 Å². The van der Waals surface area contributed by atoms with Crippen LogP contribution in [0.5, 0.6) is 5.75 Å². The molecule has 0 saturated carbocycles. The highest BCUT2D eigenvalue weighted by Crippen LogP contribution is 2.27. The zero-order valence-electron chi connectivity index (χ0n) is 10.4. The summed E-state index contributed by atoms with van der Waals surface area (Å²) >= 11 is 0. The van der Waals surface area contributed by atoms with Gasteiger partial charge in [-0.05, 0) is 26.5 Å². The van der Waals surface area contributed by atoms with E-state index in [1.54, 1.807) is 0 Å². The van der Waals surface area contributed by atoms with E-state index in [9.17, 15) is 0 Å². The first kappa shape index (κ1) is 13.0. The summed E-state index contributed by atoms with van der Waals surface area (Å²) in [5.41, 5.74) is 6.77. The van der Waals surface area contributed by atoms with Crippen LogP contribution in [-0.2, 0) is 5.54 Å². The van der Waals surface area contributed by atoms with Gasteiger partial charge in [-0.3, -0.25) is 0 Å². The van der Waals surface area contributed by atoms with Gasteiger partial charge in [0.25, 0.3) is 0 Å². The molecule has 3 nitrogen and oxygen atoms in total. The molecule has 0 aliphatic rings. The molecule has 3 N–H and O–H groups in total. The third kappa shape index (κ3) is 3.83. The first-order chi connectivity index (χ1) is 7.55. The molecule has 0 bridgehead atoms. The van der Waals surface area contributed by atoms with E-state index in [1.807, 2.05) is 38.1 Å². The van der Waals surface area contributed by atoms with Crippen LogP contribution in [0.3, 0.4) is 0 Å². The van der Waals surface area contributed by atoms with Crippen molar-refractivity contribution in [2.24, 2.45) is 5.73 Å². The second kappa shape index (κ2) is 5.87. The lowest BCUT2D eigenvalue weighted by Crippen LogP contribution is -2.29. The molecule has 3 heteroatoms. The molecule has 16 heavy (non-hydrogen) atoms. The summed E-state index contributed by atoms with van der Waals surface area (Å²) in [7, 11) is 0. The summed E-state index contributed by atoms with van der Waals surface area (Å²) < 4.78 is 5.72. The fourth-order valence-electron chi connectivity index (χ4n) is 1.53. The highest BCUT2D eigenvalue weighted by atomic mass is 16.5. The van der Waals surface area contributed by atoms with Gasteiger partial charge >= 0.3 is 0 Å². The Hall–Kier alpha value is -1.06. The average molecular weight is 222 g/mol. The first-order valence-electron chi connectivity index (χ1n) is 5.77. The molecule has 90 valence electrons. The molecule has 0 fully saturated rings. The zero-order chi connectivity index (χ0) is 12.0. The number of para-hydroxylation sites is 1. The maximum absolute atomic E-state index is 6.09. The van der Waals surface area contributed by atoms with E-state index in [0.717, 1.165) is 24.4 Å². The standard InChI is InChI=1S/C13H22N2O/c1-4-15-9-10-16-12-8-6-5-7-11(12)13(2,3)14/h5-8,15H,4,9-10,14H2,1-3H3. The molecular formula is C13H22N2O. The van der Waals surface area contributed by atoms with Gasteiger partial charge in [-0.25, -0.2) is 0 Å². The minimum Gasteiger partial charge on any atom is -0.492 e. The van der Waals surface area contributed by atoms with Crippen LogP contribution >= 0.6 is 0 Å². The SMILES string of the molecule is CCNCCOc1ccccc1C(C)(C)N. The Bertz CT molecular complexity index is 318. The Kier molecular flexibility index (Phi) is 4.77. The van der Waals surface area contributed by atoms with Gasteiger partial charge in [-0.1, -0.05) is 25.1 Å². The number of ether oxygens (including phenoxy) is 1. The summed E-state index contributed by atoms with van der Waals surface area (Å²) in [6.07, 6.45) is 0. The molecular weight excluding hydrogens is 200 g/mol. The molecule has 0 heterocycles. The molecule has 1 rings (SSSR count). The second-order valence-corrected chi connectivity index (χ2v) is 4.42. The number of benzene rings is 1. The van der Waals surface area contributed by atoms with E-state index < -0.39 is 0 Å². The van der Waals surface area contributed by atoms with Gasteiger partial charge in [0.15, 0.2) is 0 Å². The molecule has 0 radical (unpaired) electrons. The van der Waals surface area contributed by atoms with Crippen molar-refractivity contribution in [2.45, 2.75) is 26.3 Å². The molecule has 0 aliphatic heterocycles.